The molecule has 0 saturated carbocycles. The van der Waals surface area contributed by atoms with Crippen molar-refractivity contribution in [2.75, 3.05) is 13.2 Å². The first-order valence-corrected chi connectivity index (χ1v) is 27.9. The van der Waals surface area contributed by atoms with Crippen LogP contribution < -0.4 is 5.32 Å². The smallest absolute Gasteiger partial charge is 0.306 e. The van der Waals surface area contributed by atoms with Crippen LogP contribution in [0.1, 0.15) is 213 Å². The molecule has 8 unspecified atom stereocenters. The molecule has 0 aliphatic carbocycles. The highest BCUT2D eigenvalue weighted by molar-refractivity contribution is 5.80. The third kappa shape index (κ3) is 35.0. The van der Waals surface area contributed by atoms with Crippen molar-refractivity contribution >= 4 is 11.9 Å². The summed E-state index contributed by atoms with van der Waals surface area (Å²) in [5, 5.41) is 56.7. The molecule has 0 aromatic carbocycles. The van der Waals surface area contributed by atoms with Crippen LogP contribution in [0.2, 0.25) is 0 Å². The van der Waals surface area contributed by atoms with E-state index in [2.05, 4.69) is 38.2 Å². The van der Waals surface area contributed by atoms with Gasteiger partial charge in [-0.1, -0.05) is 247 Å². The molecule has 1 aliphatic heterocycles. The molecule has 0 bridgehead atoms. The summed E-state index contributed by atoms with van der Waals surface area (Å²) in [7, 11) is 0. The van der Waals surface area contributed by atoms with Crippen LogP contribution in [0.5, 0.6) is 0 Å². The molecule has 0 radical (unpaired) electrons. The number of rotatable bonds is 45. The van der Waals surface area contributed by atoms with Crippen molar-refractivity contribution in [1.82, 2.24) is 5.32 Å². The zero-order valence-electron chi connectivity index (χ0n) is 44.1. The van der Waals surface area contributed by atoms with E-state index in [0.29, 0.717) is 12.8 Å². The first-order chi connectivity index (χ1) is 34.2. The van der Waals surface area contributed by atoms with Crippen molar-refractivity contribution in [3.05, 3.63) is 85.1 Å². The Hall–Kier alpha value is -3.16. The molecule has 0 aromatic rings. The molecule has 11 heteroatoms. The van der Waals surface area contributed by atoms with E-state index in [-0.39, 0.29) is 19.4 Å². The highest BCUT2D eigenvalue weighted by Crippen LogP contribution is 2.26. The lowest BCUT2D eigenvalue weighted by molar-refractivity contribution is -0.305. The molecule has 70 heavy (non-hydrogen) atoms. The number of hydrogen-bond acceptors (Lipinski definition) is 10. The number of nitrogens with one attached hydrogen (secondary N) is 1. The summed E-state index contributed by atoms with van der Waals surface area (Å²) in [5.41, 5.74) is 0. The lowest BCUT2D eigenvalue weighted by Gasteiger charge is -2.41. The third-order valence-corrected chi connectivity index (χ3v) is 12.7. The fraction of sp³-hybridized carbons (Fsp3) is 0.729. The molecule has 11 nitrogen and oxygen atoms in total. The van der Waals surface area contributed by atoms with Crippen molar-refractivity contribution in [3.63, 3.8) is 0 Å². The van der Waals surface area contributed by atoms with Gasteiger partial charge in [-0.25, -0.2) is 0 Å². The van der Waals surface area contributed by atoms with E-state index in [1.165, 1.54) is 103 Å². The minimum Gasteiger partial charge on any atom is -0.454 e. The lowest BCUT2D eigenvalue weighted by atomic mass is 9.99. The van der Waals surface area contributed by atoms with E-state index in [1.807, 2.05) is 66.8 Å². The van der Waals surface area contributed by atoms with Crippen LogP contribution in [0.15, 0.2) is 85.1 Å². The number of aliphatic hydroxyl groups is 5. The van der Waals surface area contributed by atoms with E-state index >= 15 is 0 Å². The van der Waals surface area contributed by atoms with E-state index in [4.69, 9.17) is 14.2 Å². The number of ether oxygens (including phenoxy) is 3. The van der Waals surface area contributed by atoms with E-state index in [0.717, 1.165) is 64.2 Å². The van der Waals surface area contributed by atoms with Crippen LogP contribution in [0.25, 0.3) is 0 Å². The SMILES string of the molecule is CC\C=C/C=C/C=C/C=C\C=C\C=C\CCCCCC(=O)OC1C(OCC(NC(=O)C(O)CCCCCCCCCCCCCCC)C(O)/C=C/CCCCCCCCCCC)OC(CO)C(O)C1O. The molecule has 402 valence electrons. The van der Waals surface area contributed by atoms with Gasteiger partial charge < -0.3 is 45.1 Å². The van der Waals surface area contributed by atoms with Crippen LogP contribution in [-0.4, -0.2) is 99.6 Å². The minimum absolute atomic E-state index is 0.0692. The number of amides is 1. The second-order valence-electron chi connectivity index (χ2n) is 19.1. The second kappa shape index (κ2) is 46.9. The molecule has 1 fully saturated rings. The summed E-state index contributed by atoms with van der Waals surface area (Å²) >= 11 is 0. The third-order valence-electron chi connectivity index (χ3n) is 12.7. The predicted octanol–water partition coefficient (Wildman–Crippen LogP) is 12.2. The number of aliphatic hydroxyl groups excluding tert-OH is 5. The Bertz CT molecular complexity index is 1460. The van der Waals surface area contributed by atoms with Gasteiger partial charge in [0.1, 0.15) is 24.4 Å². The zero-order chi connectivity index (χ0) is 51.1. The number of hydrogen-bond donors (Lipinski definition) is 6. The fourth-order valence-corrected chi connectivity index (χ4v) is 8.27. The molecule has 6 N–H and O–H groups in total. The maximum atomic E-state index is 13.3. The summed E-state index contributed by atoms with van der Waals surface area (Å²) in [6, 6.07) is -1.03. The Morgan fingerprint density at radius 2 is 1.03 bits per heavy atom. The van der Waals surface area contributed by atoms with Gasteiger partial charge in [0.05, 0.1) is 25.4 Å². The predicted molar refractivity (Wildman–Crippen MR) is 287 cm³/mol. The summed E-state index contributed by atoms with van der Waals surface area (Å²) in [5.74, 6) is -1.24. The number of unbranched alkanes of at least 4 members (excludes halogenated alkanes) is 24. The van der Waals surface area contributed by atoms with Gasteiger partial charge in [0.25, 0.3) is 0 Å². The van der Waals surface area contributed by atoms with Crippen molar-refractivity contribution in [2.45, 2.75) is 262 Å². The van der Waals surface area contributed by atoms with Gasteiger partial charge in [-0.3, -0.25) is 9.59 Å². The van der Waals surface area contributed by atoms with Gasteiger partial charge in [0.15, 0.2) is 12.4 Å². The van der Waals surface area contributed by atoms with Crippen LogP contribution in [0.4, 0.5) is 0 Å². The highest BCUT2D eigenvalue weighted by Gasteiger charge is 2.47. The topological polar surface area (TPSA) is 175 Å². The molecular weight excluding hydrogens is 883 g/mol. The highest BCUT2D eigenvalue weighted by atomic mass is 16.7. The summed E-state index contributed by atoms with van der Waals surface area (Å²) in [6.07, 6.45) is 49.1. The molecule has 1 aliphatic rings. The second-order valence-corrected chi connectivity index (χ2v) is 19.1. The maximum absolute atomic E-state index is 13.3. The molecule has 1 saturated heterocycles. The van der Waals surface area contributed by atoms with Crippen LogP contribution in [0.3, 0.4) is 0 Å². The molecule has 8 atom stereocenters. The molecule has 1 amide bonds. The molecule has 0 spiro atoms. The van der Waals surface area contributed by atoms with E-state index < -0.39 is 67.4 Å². The summed E-state index contributed by atoms with van der Waals surface area (Å²) in [4.78, 5) is 26.4. The van der Waals surface area contributed by atoms with Crippen LogP contribution >= 0.6 is 0 Å². The molecule has 1 heterocycles. The van der Waals surface area contributed by atoms with Crippen molar-refractivity contribution in [3.8, 4) is 0 Å². The first-order valence-electron chi connectivity index (χ1n) is 27.9. The van der Waals surface area contributed by atoms with Crippen LogP contribution in [0, 0.1) is 0 Å². The van der Waals surface area contributed by atoms with Crippen molar-refractivity contribution < 1.29 is 49.3 Å². The Labute approximate surface area is 425 Å². The number of esters is 1. The monoisotopic (exact) mass is 984 g/mol. The average Bonchev–Trinajstić information content (AvgIpc) is 3.36. The normalized spacial score (nSPS) is 20.4. The average molecular weight is 984 g/mol. The number of carbonyl (C=O) groups excluding carboxylic acids is 2. The van der Waals surface area contributed by atoms with Gasteiger partial charge in [0, 0.05) is 6.42 Å². The van der Waals surface area contributed by atoms with E-state index in [9.17, 15) is 35.1 Å². The lowest BCUT2D eigenvalue weighted by Crippen LogP contribution is -2.61. The summed E-state index contributed by atoms with van der Waals surface area (Å²) < 4.78 is 17.5. The zero-order valence-corrected chi connectivity index (χ0v) is 44.1. The quantitative estimate of drug-likeness (QED) is 0.0149. The van der Waals surface area contributed by atoms with Crippen molar-refractivity contribution in [1.29, 1.82) is 0 Å². The van der Waals surface area contributed by atoms with Crippen molar-refractivity contribution in [2.24, 2.45) is 0 Å². The van der Waals surface area contributed by atoms with Gasteiger partial charge in [-0.15, -0.1) is 0 Å². The van der Waals surface area contributed by atoms with Gasteiger partial charge in [-0.05, 0) is 44.9 Å². The maximum Gasteiger partial charge on any atom is 0.306 e. The largest absolute Gasteiger partial charge is 0.454 e. The molecule has 1 rings (SSSR count). The molecular formula is C59H101NO10. The standard InChI is InChI=1S/C59H101NO10/c1-4-7-10-13-16-19-22-24-25-26-27-29-32-35-38-41-44-47-54(64)70-57-56(66)55(65)53(48-61)69-59(57)68-49-50(51(62)45-42-39-36-33-30-21-18-15-12-9-6-3)60-58(67)52(63)46-43-40-37-34-31-28-23-20-17-14-11-8-5-2/h7,10,13,16,19,22,24-27,29,32,42,45,50-53,55-57,59,61-63,65-66H,4-6,8-9,11-12,14-15,17-18,20-21,23,28,30-31,33-41,43-44,46-49H2,1-3H3,(H,60,67)/b10-7-,16-13+,22-19+,25-24-,27-26+,32-29+,45-42+. The van der Waals surface area contributed by atoms with Gasteiger partial charge in [0.2, 0.25) is 5.91 Å². The Morgan fingerprint density at radius 1 is 0.571 bits per heavy atom. The van der Waals surface area contributed by atoms with Gasteiger partial charge in [-0.2, -0.15) is 0 Å². The van der Waals surface area contributed by atoms with E-state index in [1.54, 1.807) is 6.08 Å². The number of allylic oxidation sites excluding steroid dienone is 13. The Kier molecular flexibility index (Phi) is 43.4. The van der Waals surface area contributed by atoms with Gasteiger partial charge >= 0.3 is 5.97 Å². The van der Waals surface area contributed by atoms with Crippen LogP contribution in [-0.2, 0) is 23.8 Å². The molecule has 0 aromatic heterocycles. The number of carbonyl (C=O) groups is 2. The minimum atomic E-state index is -1.63. The Morgan fingerprint density at radius 3 is 1.54 bits per heavy atom. The Balaban J connectivity index is 2.77. The fourth-order valence-electron chi connectivity index (χ4n) is 8.27. The first kappa shape index (κ1) is 64.9. The summed E-state index contributed by atoms with van der Waals surface area (Å²) in [6.45, 7) is 5.59.